The van der Waals surface area contributed by atoms with Gasteiger partial charge in [0.05, 0.1) is 0 Å². The van der Waals surface area contributed by atoms with Crippen molar-refractivity contribution in [1.29, 1.82) is 0 Å². The van der Waals surface area contributed by atoms with E-state index in [0.717, 1.165) is 15.1 Å². The van der Waals surface area contributed by atoms with Crippen molar-refractivity contribution in [2.45, 2.75) is 39.9 Å². The van der Waals surface area contributed by atoms with Gasteiger partial charge < -0.3 is 5.73 Å². The molecule has 1 aromatic heterocycles. The summed E-state index contributed by atoms with van der Waals surface area (Å²) in [5, 5.41) is 8.30. The molecule has 0 saturated carbocycles. The summed E-state index contributed by atoms with van der Waals surface area (Å²) in [5.74, 6) is 0. The largest absolute Gasteiger partial charge is 0.328 e. The van der Waals surface area contributed by atoms with Gasteiger partial charge in [-0.05, 0) is 43.7 Å². The molecule has 0 aliphatic carbocycles. The molecule has 2 aromatic rings. The smallest absolute Gasteiger partial charge is 0.179 e. The van der Waals surface area contributed by atoms with Crippen LogP contribution >= 0.6 is 34.9 Å². The van der Waals surface area contributed by atoms with E-state index < -0.39 is 0 Å². The van der Waals surface area contributed by atoms with Gasteiger partial charge in [-0.1, -0.05) is 47.0 Å². The fourth-order valence-corrected chi connectivity index (χ4v) is 4.20. The molecule has 1 atom stereocenters. The minimum atomic E-state index is 0.199. The van der Waals surface area contributed by atoms with Crippen molar-refractivity contribution in [2.24, 2.45) is 5.73 Å². The molecule has 1 aromatic carbocycles. The van der Waals surface area contributed by atoms with Crippen LogP contribution in [0.3, 0.4) is 0 Å². The molecule has 2 N–H and O–H groups in total. The Balaban J connectivity index is 2.12. The van der Waals surface area contributed by atoms with E-state index in [1.165, 1.54) is 16.0 Å². The maximum atomic E-state index is 5.83. The second kappa shape index (κ2) is 6.74. The van der Waals surface area contributed by atoms with Crippen molar-refractivity contribution >= 4 is 34.9 Å². The Morgan fingerprint density at radius 3 is 2.63 bits per heavy atom. The van der Waals surface area contributed by atoms with Gasteiger partial charge >= 0.3 is 0 Å². The number of hydrogen-bond acceptors (Lipinski definition) is 6. The summed E-state index contributed by atoms with van der Waals surface area (Å²) in [6.45, 7) is 4.16. The van der Waals surface area contributed by atoms with Crippen LogP contribution in [0.15, 0.2) is 31.8 Å². The van der Waals surface area contributed by atoms with Gasteiger partial charge in [-0.25, -0.2) is 0 Å². The Hall–Kier alpha value is -0.560. The van der Waals surface area contributed by atoms with Gasteiger partial charge in [0.1, 0.15) is 0 Å². The van der Waals surface area contributed by atoms with E-state index in [2.05, 4.69) is 35.3 Å². The maximum absolute atomic E-state index is 5.83. The summed E-state index contributed by atoms with van der Waals surface area (Å²) in [7, 11) is 0. The number of nitrogens with zero attached hydrogens (tertiary/aromatic N) is 2. The van der Waals surface area contributed by atoms with E-state index in [9.17, 15) is 0 Å². The average Bonchev–Trinajstić information content (AvgIpc) is 2.80. The van der Waals surface area contributed by atoms with Crippen molar-refractivity contribution in [2.75, 3.05) is 6.26 Å². The standard InChI is InChI=1S/C13H17N3S3/c1-8-6-10(7-9(2)14)4-5-11(8)18-13-16-15-12(17-3)19-13/h4-6,9H,7,14H2,1-3H3. The molecule has 0 amide bonds. The summed E-state index contributed by atoms with van der Waals surface area (Å²) >= 11 is 4.94. The van der Waals surface area contributed by atoms with E-state index in [1.54, 1.807) is 34.9 Å². The summed E-state index contributed by atoms with van der Waals surface area (Å²) in [6, 6.07) is 6.71. The van der Waals surface area contributed by atoms with E-state index in [-0.39, 0.29) is 6.04 Å². The van der Waals surface area contributed by atoms with Crippen LogP contribution in [0.2, 0.25) is 0 Å². The van der Waals surface area contributed by atoms with Gasteiger partial charge in [0.15, 0.2) is 8.68 Å². The lowest BCUT2D eigenvalue weighted by Gasteiger charge is -2.08. The van der Waals surface area contributed by atoms with Crippen LogP contribution in [0.5, 0.6) is 0 Å². The fraction of sp³-hybridized carbons (Fsp3) is 0.385. The third kappa shape index (κ3) is 4.21. The van der Waals surface area contributed by atoms with Crippen molar-refractivity contribution in [3.8, 4) is 0 Å². The maximum Gasteiger partial charge on any atom is 0.179 e. The second-order valence-corrected chi connectivity index (χ2v) is 7.74. The molecule has 0 spiro atoms. The van der Waals surface area contributed by atoms with Gasteiger partial charge in [-0.2, -0.15) is 0 Å². The first-order valence-electron chi connectivity index (χ1n) is 5.99. The van der Waals surface area contributed by atoms with Gasteiger partial charge in [-0.15, -0.1) is 10.2 Å². The molecule has 0 fully saturated rings. The van der Waals surface area contributed by atoms with Crippen LogP contribution in [0.4, 0.5) is 0 Å². The van der Waals surface area contributed by atoms with E-state index in [0.29, 0.717) is 0 Å². The summed E-state index contributed by atoms with van der Waals surface area (Å²) in [6.07, 6.45) is 2.93. The highest BCUT2D eigenvalue weighted by molar-refractivity contribution is 8.03. The molecule has 1 unspecified atom stereocenters. The molecule has 3 nitrogen and oxygen atoms in total. The normalized spacial score (nSPS) is 12.6. The first-order chi connectivity index (χ1) is 9.08. The number of rotatable bonds is 5. The number of aromatic nitrogens is 2. The van der Waals surface area contributed by atoms with Crippen molar-refractivity contribution in [3.05, 3.63) is 29.3 Å². The molecule has 0 radical (unpaired) electrons. The topological polar surface area (TPSA) is 51.8 Å². The minimum Gasteiger partial charge on any atom is -0.328 e. The number of hydrogen-bond donors (Lipinski definition) is 1. The highest BCUT2D eigenvalue weighted by Gasteiger charge is 2.08. The zero-order valence-corrected chi connectivity index (χ0v) is 13.7. The third-order valence-corrected chi connectivity index (χ3v) is 5.68. The van der Waals surface area contributed by atoms with Gasteiger partial charge in [0, 0.05) is 10.9 Å². The second-order valence-electron chi connectivity index (χ2n) is 4.42. The quantitative estimate of drug-likeness (QED) is 0.855. The molecular formula is C13H17N3S3. The number of thioether (sulfide) groups is 1. The first kappa shape index (κ1) is 14.8. The highest BCUT2D eigenvalue weighted by Crippen LogP contribution is 2.34. The predicted octanol–water partition coefficient (Wildman–Crippen LogP) is 3.61. The molecule has 0 aliphatic rings. The molecule has 2 rings (SSSR count). The first-order valence-corrected chi connectivity index (χ1v) is 8.84. The lowest BCUT2D eigenvalue weighted by molar-refractivity contribution is 0.737. The van der Waals surface area contributed by atoms with Crippen LogP contribution in [0.25, 0.3) is 0 Å². The number of benzene rings is 1. The third-order valence-electron chi connectivity index (χ3n) is 2.56. The lowest BCUT2D eigenvalue weighted by atomic mass is 10.1. The Bertz CT molecular complexity index is 552. The zero-order valence-electron chi connectivity index (χ0n) is 11.2. The molecule has 0 bridgehead atoms. The molecule has 0 saturated heterocycles. The van der Waals surface area contributed by atoms with Crippen LogP contribution < -0.4 is 5.73 Å². The van der Waals surface area contributed by atoms with Crippen LogP contribution in [0, 0.1) is 6.92 Å². The zero-order chi connectivity index (χ0) is 13.8. The molecule has 6 heteroatoms. The minimum absolute atomic E-state index is 0.199. The number of aryl methyl sites for hydroxylation is 1. The number of nitrogens with two attached hydrogens (primary N) is 1. The van der Waals surface area contributed by atoms with Crippen molar-refractivity contribution < 1.29 is 0 Å². The Morgan fingerprint density at radius 2 is 2.05 bits per heavy atom. The summed E-state index contributed by atoms with van der Waals surface area (Å²) < 4.78 is 2.00. The van der Waals surface area contributed by atoms with Gasteiger partial charge in [0.25, 0.3) is 0 Å². The lowest BCUT2D eigenvalue weighted by Crippen LogP contribution is -2.17. The average molecular weight is 312 g/mol. The molecule has 19 heavy (non-hydrogen) atoms. The molecular weight excluding hydrogens is 294 g/mol. The van der Waals surface area contributed by atoms with Gasteiger partial charge in [-0.3, -0.25) is 0 Å². The van der Waals surface area contributed by atoms with E-state index in [4.69, 9.17) is 5.73 Å². The molecule has 102 valence electrons. The highest BCUT2D eigenvalue weighted by atomic mass is 32.2. The summed E-state index contributed by atoms with van der Waals surface area (Å²) in [4.78, 5) is 1.23. The predicted molar refractivity (Wildman–Crippen MR) is 84.3 cm³/mol. The monoisotopic (exact) mass is 311 g/mol. The SMILES string of the molecule is CSc1nnc(Sc2ccc(CC(C)N)cc2C)s1. The van der Waals surface area contributed by atoms with Gasteiger partial charge in [0.2, 0.25) is 0 Å². The van der Waals surface area contributed by atoms with Crippen LogP contribution in [0.1, 0.15) is 18.1 Å². The van der Waals surface area contributed by atoms with Crippen molar-refractivity contribution in [3.63, 3.8) is 0 Å². The fourth-order valence-electron chi connectivity index (χ4n) is 1.74. The summed E-state index contributed by atoms with van der Waals surface area (Å²) in [5.41, 5.74) is 8.39. The molecule has 0 aliphatic heterocycles. The Morgan fingerprint density at radius 1 is 1.32 bits per heavy atom. The van der Waals surface area contributed by atoms with Crippen LogP contribution in [-0.2, 0) is 6.42 Å². The van der Waals surface area contributed by atoms with E-state index >= 15 is 0 Å². The Labute approximate surface area is 126 Å². The van der Waals surface area contributed by atoms with Crippen LogP contribution in [-0.4, -0.2) is 22.5 Å². The van der Waals surface area contributed by atoms with Crippen molar-refractivity contribution in [1.82, 2.24) is 10.2 Å². The van der Waals surface area contributed by atoms with E-state index in [1.807, 2.05) is 13.2 Å². The Kier molecular flexibility index (Phi) is 5.27. The molecule has 1 heterocycles.